The molecule has 1 nitrogen and oxygen atoms in total. The van der Waals surface area contributed by atoms with E-state index in [0.29, 0.717) is 12.3 Å². The molecule has 0 radical (unpaired) electrons. The number of hydrogen-bond acceptors (Lipinski definition) is 1. The Morgan fingerprint density at radius 3 is 2.29 bits per heavy atom. The van der Waals surface area contributed by atoms with Gasteiger partial charge in [0.15, 0.2) is 0 Å². The van der Waals surface area contributed by atoms with Crippen LogP contribution in [0.15, 0.2) is 42.5 Å². The van der Waals surface area contributed by atoms with E-state index in [1.165, 1.54) is 17.7 Å². The first-order valence-electron chi connectivity index (χ1n) is 7.47. The Morgan fingerprint density at radius 1 is 1.00 bits per heavy atom. The van der Waals surface area contributed by atoms with Gasteiger partial charge in [0.1, 0.15) is 5.82 Å². The van der Waals surface area contributed by atoms with Crippen LogP contribution in [0.25, 0.3) is 0 Å². The largest absolute Gasteiger partial charge is 0.388 e. The minimum Gasteiger partial charge on any atom is -0.388 e. The summed E-state index contributed by atoms with van der Waals surface area (Å²) in [5.74, 6) is 0.366. The Bertz CT molecular complexity index is 587. The SMILES string of the molecule is Cc1ccc(F)cc1CC(O)c1ccc(CC(C)C)cc1. The number of rotatable bonds is 5. The van der Waals surface area contributed by atoms with E-state index < -0.39 is 6.10 Å². The molecule has 1 unspecified atom stereocenters. The summed E-state index contributed by atoms with van der Waals surface area (Å²) in [6, 6.07) is 12.8. The van der Waals surface area contributed by atoms with Crippen molar-refractivity contribution >= 4 is 0 Å². The normalized spacial score (nSPS) is 12.7. The minimum absolute atomic E-state index is 0.255. The highest BCUT2D eigenvalue weighted by Gasteiger charge is 2.11. The lowest BCUT2D eigenvalue weighted by Gasteiger charge is -2.14. The van der Waals surface area contributed by atoms with Crippen molar-refractivity contribution in [1.29, 1.82) is 0 Å². The molecule has 0 aliphatic rings. The molecule has 0 spiro atoms. The molecule has 0 saturated carbocycles. The van der Waals surface area contributed by atoms with Crippen LogP contribution in [0.2, 0.25) is 0 Å². The molecule has 2 aromatic rings. The molecule has 2 rings (SSSR count). The van der Waals surface area contributed by atoms with Crippen molar-refractivity contribution in [3.05, 3.63) is 70.5 Å². The summed E-state index contributed by atoms with van der Waals surface area (Å²) >= 11 is 0. The lowest BCUT2D eigenvalue weighted by atomic mass is 9.96. The number of aryl methyl sites for hydroxylation is 1. The van der Waals surface area contributed by atoms with Gasteiger partial charge in [0.05, 0.1) is 6.10 Å². The summed E-state index contributed by atoms with van der Waals surface area (Å²) in [4.78, 5) is 0. The van der Waals surface area contributed by atoms with Crippen molar-refractivity contribution in [2.75, 3.05) is 0 Å². The molecule has 0 fully saturated rings. The molecule has 112 valence electrons. The molecule has 21 heavy (non-hydrogen) atoms. The van der Waals surface area contributed by atoms with Crippen molar-refractivity contribution in [1.82, 2.24) is 0 Å². The minimum atomic E-state index is -0.599. The van der Waals surface area contributed by atoms with Crippen LogP contribution in [0.5, 0.6) is 0 Å². The molecule has 0 heterocycles. The van der Waals surface area contributed by atoms with Gasteiger partial charge in [-0.05, 0) is 53.6 Å². The molecule has 0 aliphatic heterocycles. The first kappa shape index (κ1) is 15.7. The number of hydrogen-bond donors (Lipinski definition) is 1. The van der Waals surface area contributed by atoms with E-state index in [0.717, 1.165) is 23.1 Å². The van der Waals surface area contributed by atoms with Crippen molar-refractivity contribution in [2.45, 2.75) is 39.7 Å². The maximum Gasteiger partial charge on any atom is 0.123 e. The van der Waals surface area contributed by atoms with Crippen LogP contribution in [0.3, 0.4) is 0 Å². The average molecular weight is 286 g/mol. The number of benzene rings is 2. The first-order valence-corrected chi connectivity index (χ1v) is 7.47. The zero-order valence-corrected chi connectivity index (χ0v) is 12.9. The lowest BCUT2D eigenvalue weighted by Crippen LogP contribution is -2.04. The van der Waals surface area contributed by atoms with Gasteiger partial charge in [0.2, 0.25) is 0 Å². The summed E-state index contributed by atoms with van der Waals surface area (Å²) in [6.07, 6.45) is 0.880. The molecule has 2 aromatic carbocycles. The van der Waals surface area contributed by atoms with Gasteiger partial charge in [-0.3, -0.25) is 0 Å². The van der Waals surface area contributed by atoms with Crippen LogP contribution in [-0.4, -0.2) is 5.11 Å². The average Bonchev–Trinajstić information content (AvgIpc) is 2.43. The third-order valence-electron chi connectivity index (χ3n) is 3.73. The highest BCUT2D eigenvalue weighted by Crippen LogP contribution is 2.22. The van der Waals surface area contributed by atoms with Crippen LogP contribution in [-0.2, 0) is 12.8 Å². The van der Waals surface area contributed by atoms with Gasteiger partial charge in [-0.25, -0.2) is 4.39 Å². The predicted octanol–water partition coefficient (Wildman–Crippen LogP) is 4.61. The van der Waals surface area contributed by atoms with E-state index in [1.54, 1.807) is 6.07 Å². The van der Waals surface area contributed by atoms with E-state index in [1.807, 2.05) is 19.1 Å². The monoisotopic (exact) mass is 286 g/mol. The van der Waals surface area contributed by atoms with E-state index in [2.05, 4.69) is 26.0 Å². The molecular weight excluding hydrogens is 263 g/mol. The second-order valence-corrected chi connectivity index (χ2v) is 6.13. The first-order chi connectivity index (χ1) is 9.95. The van der Waals surface area contributed by atoms with E-state index in [4.69, 9.17) is 0 Å². The smallest absolute Gasteiger partial charge is 0.123 e. The molecule has 0 aliphatic carbocycles. The Morgan fingerprint density at radius 2 is 1.67 bits per heavy atom. The zero-order valence-electron chi connectivity index (χ0n) is 12.9. The quantitative estimate of drug-likeness (QED) is 0.851. The van der Waals surface area contributed by atoms with Crippen LogP contribution in [0, 0.1) is 18.7 Å². The van der Waals surface area contributed by atoms with Crippen molar-refractivity contribution in [3.63, 3.8) is 0 Å². The molecule has 2 heteroatoms. The number of aliphatic hydroxyl groups is 1. The van der Waals surface area contributed by atoms with E-state index in [9.17, 15) is 9.50 Å². The standard InChI is InChI=1S/C19H23FO/c1-13(2)10-15-5-7-16(8-6-15)19(21)12-17-11-18(20)9-4-14(17)3/h4-9,11,13,19,21H,10,12H2,1-3H3. The van der Waals surface area contributed by atoms with Crippen molar-refractivity contribution < 1.29 is 9.50 Å². The number of halogens is 1. The van der Waals surface area contributed by atoms with Gasteiger partial charge in [-0.15, -0.1) is 0 Å². The van der Waals surface area contributed by atoms with Gasteiger partial charge >= 0.3 is 0 Å². The summed E-state index contributed by atoms with van der Waals surface area (Å²) < 4.78 is 13.3. The molecule has 0 saturated heterocycles. The summed E-state index contributed by atoms with van der Waals surface area (Å²) in [5.41, 5.74) is 4.02. The highest BCUT2D eigenvalue weighted by molar-refractivity contribution is 5.30. The Balaban J connectivity index is 2.09. The topological polar surface area (TPSA) is 20.2 Å². The van der Waals surface area contributed by atoms with Gasteiger partial charge in [0.25, 0.3) is 0 Å². The van der Waals surface area contributed by atoms with Crippen LogP contribution < -0.4 is 0 Å². The fraction of sp³-hybridized carbons (Fsp3) is 0.368. The van der Waals surface area contributed by atoms with E-state index in [-0.39, 0.29) is 5.82 Å². The zero-order chi connectivity index (χ0) is 15.4. The Hall–Kier alpha value is -1.67. The summed E-state index contributed by atoms with van der Waals surface area (Å²) in [5, 5.41) is 10.3. The molecule has 0 amide bonds. The Kier molecular flexibility index (Phi) is 5.13. The maximum absolute atomic E-state index is 13.3. The van der Waals surface area contributed by atoms with Crippen molar-refractivity contribution in [2.24, 2.45) is 5.92 Å². The predicted molar refractivity (Wildman–Crippen MR) is 84.8 cm³/mol. The van der Waals surface area contributed by atoms with Crippen LogP contribution in [0.4, 0.5) is 4.39 Å². The third-order valence-corrected chi connectivity index (χ3v) is 3.73. The molecule has 1 atom stereocenters. The number of aliphatic hydroxyl groups excluding tert-OH is 1. The Labute approximate surface area is 126 Å². The van der Waals surface area contributed by atoms with Crippen LogP contribution >= 0.6 is 0 Å². The second-order valence-electron chi connectivity index (χ2n) is 6.13. The fourth-order valence-electron chi connectivity index (χ4n) is 2.53. The van der Waals surface area contributed by atoms with Crippen LogP contribution in [0.1, 0.15) is 42.2 Å². The molecule has 0 bridgehead atoms. The van der Waals surface area contributed by atoms with Crippen molar-refractivity contribution in [3.8, 4) is 0 Å². The van der Waals surface area contributed by atoms with Gasteiger partial charge in [-0.2, -0.15) is 0 Å². The molecule has 1 N–H and O–H groups in total. The molecule has 0 aromatic heterocycles. The third kappa shape index (κ3) is 4.40. The molecular formula is C19H23FO. The maximum atomic E-state index is 13.3. The van der Waals surface area contributed by atoms with E-state index >= 15 is 0 Å². The fourth-order valence-corrected chi connectivity index (χ4v) is 2.53. The summed E-state index contributed by atoms with van der Waals surface area (Å²) in [6.45, 7) is 6.32. The van der Waals surface area contributed by atoms with Gasteiger partial charge in [0, 0.05) is 6.42 Å². The second kappa shape index (κ2) is 6.86. The lowest BCUT2D eigenvalue weighted by molar-refractivity contribution is 0.178. The summed E-state index contributed by atoms with van der Waals surface area (Å²) in [7, 11) is 0. The van der Waals surface area contributed by atoms with Gasteiger partial charge in [-0.1, -0.05) is 44.2 Å². The van der Waals surface area contributed by atoms with Gasteiger partial charge < -0.3 is 5.11 Å². The highest BCUT2D eigenvalue weighted by atomic mass is 19.1.